The second-order valence-corrected chi connectivity index (χ2v) is 16.5. The third-order valence-electron chi connectivity index (χ3n) is 11.0. The molecule has 7 heterocycles. The topological polar surface area (TPSA) is 160 Å². The van der Waals surface area contributed by atoms with Crippen molar-refractivity contribution in [1.29, 1.82) is 0 Å². The van der Waals surface area contributed by atoms with Crippen LogP contribution in [0.15, 0.2) is 125 Å². The van der Waals surface area contributed by atoms with Crippen LogP contribution in [-0.4, -0.2) is 68.9 Å². The number of benzene rings is 3. The molecule has 0 saturated heterocycles. The van der Waals surface area contributed by atoms with Crippen LogP contribution in [-0.2, 0) is 7.05 Å². The molecule has 0 spiro atoms. The van der Waals surface area contributed by atoms with Crippen LogP contribution >= 0.6 is 11.3 Å². The quantitative estimate of drug-likeness (QED) is 0.139. The molecule has 1 fully saturated rings. The van der Waals surface area contributed by atoms with Gasteiger partial charge in [0.05, 0.1) is 43.7 Å². The minimum Gasteiger partial charge on any atom is -0.472 e. The fourth-order valence-corrected chi connectivity index (χ4v) is 8.42. The average molecular weight is 920 g/mol. The molecule has 0 aliphatic heterocycles. The average Bonchev–Trinajstić information content (AvgIpc) is 3.96. The molecule has 7 aromatic heterocycles. The van der Waals surface area contributed by atoms with Crippen molar-refractivity contribution in [3.8, 4) is 39.5 Å². The molecule has 0 unspecified atom stereocenters. The Hall–Kier alpha value is -7.79. The first-order valence-corrected chi connectivity index (χ1v) is 22.8. The number of halogens is 2. The van der Waals surface area contributed by atoms with Crippen LogP contribution in [0.2, 0.25) is 0 Å². The van der Waals surface area contributed by atoms with Gasteiger partial charge in [0.15, 0.2) is 6.61 Å². The summed E-state index contributed by atoms with van der Waals surface area (Å²) in [5, 5.41) is 17.7. The lowest BCUT2D eigenvalue weighted by Crippen LogP contribution is -2.23. The lowest BCUT2D eigenvalue weighted by molar-refractivity contribution is 0.0798. The van der Waals surface area contributed by atoms with E-state index in [1.807, 2.05) is 120 Å². The number of pyridine rings is 3. The van der Waals surface area contributed by atoms with Gasteiger partial charge in [-0.05, 0) is 104 Å². The summed E-state index contributed by atoms with van der Waals surface area (Å²) in [6, 6.07) is 29.7. The van der Waals surface area contributed by atoms with E-state index in [-0.39, 0.29) is 18.4 Å². The van der Waals surface area contributed by atoms with Crippen LogP contribution in [0.4, 0.5) is 14.6 Å². The van der Waals surface area contributed by atoms with Crippen LogP contribution in [0.25, 0.3) is 76.8 Å². The Morgan fingerprint density at radius 3 is 2.07 bits per heavy atom. The number of aromatic nitrogens is 10. The van der Waals surface area contributed by atoms with Crippen molar-refractivity contribution in [1.82, 2.24) is 49.3 Å². The number of hydrogen-bond donors (Lipinski definition) is 1. The SMILES string of the molecule is CC.CCNc1ccc2nn(-c3ccc4nn(C)cc4c3)c(=O)c(-c3ccc(C)nc3)c2n1.O=c1c(-c2ccc(C3CC3)cc2)c2nc(OCC(F)F)ccc2nn1-c1ccc2ncsc2c1.[HH]. The molecule has 10 aromatic rings. The van der Waals surface area contributed by atoms with Crippen molar-refractivity contribution in [2.24, 2.45) is 7.05 Å². The van der Waals surface area contributed by atoms with Crippen LogP contribution in [0.1, 0.15) is 52.2 Å². The molecule has 0 amide bonds. The third kappa shape index (κ3) is 9.22. The van der Waals surface area contributed by atoms with Crippen molar-refractivity contribution >= 4 is 60.3 Å². The van der Waals surface area contributed by atoms with Gasteiger partial charge in [-0.3, -0.25) is 19.3 Å². The molecule has 14 nitrogen and oxygen atoms in total. The zero-order valence-corrected chi connectivity index (χ0v) is 38.1. The van der Waals surface area contributed by atoms with Gasteiger partial charge in [0.25, 0.3) is 17.5 Å². The molecule has 1 N–H and O–H groups in total. The molecule has 67 heavy (non-hydrogen) atoms. The van der Waals surface area contributed by atoms with E-state index < -0.39 is 13.0 Å². The van der Waals surface area contributed by atoms with Crippen molar-refractivity contribution in [2.75, 3.05) is 18.5 Å². The van der Waals surface area contributed by atoms with Crippen molar-refractivity contribution in [3.63, 3.8) is 0 Å². The predicted molar refractivity (Wildman–Crippen MR) is 262 cm³/mol. The molecule has 11 rings (SSSR count). The lowest BCUT2D eigenvalue weighted by Gasteiger charge is -2.13. The van der Waals surface area contributed by atoms with E-state index in [9.17, 15) is 18.4 Å². The van der Waals surface area contributed by atoms with Crippen LogP contribution < -0.4 is 21.2 Å². The Balaban J connectivity index is 0.000000176. The number of aryl methyl sites for hydroxylation is 2. The highest BCUT2D eigenvalue weighted by Gasteiger charge is 2.24. The summed E-state index contributed by atoms with van der Waals surface area (Å²) in [6.07, 6.45) is 3.36. The Morgan fingerprint density at radius 1 is 0.761 bits per heavy atom. The van der Waals surface area contributed by atoms with E-state index in [2.05, 4.69) is 40.5 Å². The molecule has 1 aliphatic carbocycles. The van der Waals surface area contributed by atoms with E-state index in [0.29, 0.717) is 67.4 Å². The second-order valence-electron chi connectivity index (χ2n) is 15.6. The zero-order valence-electron chi connectivity index (χ0n) is 37.3. The van der Waals surface area contributed by atoms with E-state index in [1.165, 1.54) is 45.2 Å². The van der Waals surface area contributed by atoms with Crippen LogP contribution in [0.5, 0.6) is 5.88 Å². The number of anilines is 1. The van der Waals surface area contributed by atoms with Gasteiger partial charge >= 0.3 is 0 Å². The Labute approximate surface area is 388 Å². The summed E-state index contributed by atoms with van der Waals surface area (Å²) in [5.41, 5.74) is 10.4. The fraction of sp³-hybridized carbons (Fsp3) is 0.220. The van der Waals surface area contributed by atoms with Gasteiger partial charge in [-0.15, -0.1) is 11.3 Å². The number of alkyl halides is 2. The fourth-order valence-electron chi connectivity index (χ4n) is 7.71. The Bertz CT molecular complexity index is 3540. The Kier molecular flexibility index (Phi) is 12.6. The number of hydrogen-bond acceptors (Lipinski definition) is 12. The lowest BCUT2D eigenvalue weighted by atomic mass is 10.0. The number of thiazole rings is 1. The van der Waals surface area contributed by atoms with Crippen LogP contribution in [0, 0.1) is 6.92 Å². The van der Waals surface area contributed by atoms with Gasteiger partial charge < -0.3 is 10.1 Å². The number of ether oxygens (including phenoxy) is 1. The summed E-state index contributed by atoms with van der Waals surface area (Å²) >= 11 is 1.48. The van der Waals surface area contributed by atoms with E-state index >= 15 is 0 Å². The standard InChI is InChI=1S/C25H18F2N4O2S.C23H21N7O.C2H6.H2/c26-21(27)12-33-22-10-9-19-24(29-22)23(16-5-3-15(4-6-16)14-1-2-14)25(32)31(30-19)17-7-8-18-20(11-17)34-13-28-18;1-4-24-20-10-9-19-22(26-20)21(15-6-5-14(2)25-12-15)23(31)30(28-19)17-7-8-18-16(11-17)13-29(3)27-18;1-2;/h3-11,13-14,21H,1-2,12H2;5-13H,4H2,1-3H3,(H,24,26);1-2H3;1H. The predicted octanol–water partition coefficient (Wildman–Crippen LogP) is 10.3. The molecule has 1 saturated carbocycles. The molecular weight excluding hydrogens is 873 g/mol. The first kappa shape index (κ1) is 44.4. The molecule has 3 aromatic carbocycles. The van der Waals surface area contributed by atoms with Crippen molar-refractivity contribution in [2.45, 2.75) is 52.9 Å². The monoisotopic (exact) mass is 919 g/mol. The van der Waals surface area contributed by atoms with Gasteiger partial charge in [0.1, 0.15) is 27.9 Å². The first-order valence-electron chi connectivity index (χ1n) is 21.9. The minimum atomic E-state index is -2.63. The number of nitrogens with one attached hydrogen (secondary N) is 1. The summed E-state index contributed by atoms with van der Waals surface area (Å²) in [4.78, 5) is 45.2. The molecule has 0 bridgehead atoms. The highest BCUT2D eigenvalue weighted by Crippen LogP contribution is 2.40. The number of nitrogens with zero attached hydrogens (tertiary/aromatic N) is 10. The number of rotatable bonds is 10. The highest BCUT2D eigenvalue weighted by atomic mass is 32.1. The summed E-state index contributed by atoms with van der Waals surface area (Å²) in [5.74, 6) is 1.30. The van der Waals surface area contributed by atoms with E-state index in [0.717, 1.165) is 33.4 Å². The third-order valence-corrected chi connectivity index (χ3v) is 11.8. The highest BCUT2D eigenvalue weighted by molar-refractivity contribution is 7.16. The maximum absolute atomic E-state index is 13.8. The van der Waals surface area contributed by atoms with Crippen molar-refractivity contribution < 1.29 is 14.9 Å². The van der Waals surface area contributed by atoms with E-state index in [4.69, 9.17) is 4.74 Å². The molecular formula is C50H47F2N11O3S. The Morgan fingerprint density at radius 2 is 1.40 bits per heavy atom. The summed E-state index contributed by atoms with van der Waals surface area (Å²) in [6.45, 7) is 7.87. The molecule has 17 heteroatoms. The second kappa shape index (κ2) is 19.0. The molecule has 1 aliphatic rings. The van der Waals surface area contributed by atoms with Gasteiger partial charge in [-0.1, -0.05) is 44.2 Å². The maximum atomic E-state index is 13.8. The van der Waals surface area contributed by atoms with Crippen LogP contribution in [0.3, 0.4) is 0 Å². The summed E-state index contributed by atoms with van der Waals surface area (Å²) < 4.78 is 35.9. The van der Waals surface area contributed by atoms with Gasteiger partial charge in [-0.25, -0.2) is 23.7 Å². The maximum Gasteiger partial charge on any atom is 0.281 e. The molecule has 340 valence electrons. The minimum absolute atomic E-state index is 0. The zero-order chi connectivity index (χ0) is 46.8. The molecule has 0 radical (unpaired) electrons. The van der Waals surface area contributed by atoms with Gasteiger partial charge in [-0.2, -0.15) is 24.7 Å². The van der Waals surface area contributed by atoms with Crippen molar-refractivity contribution in [3.05, 3.63) is 147 Å². The first-order chi connectivity index (χ1) is 32.6. The normalized spacial score (nSPS) is 12.3. The van der Waals surface area contributed by atoms with E-state index in [1.54, 1.807) is 28.5 Å². The molecule has 0 atom stereocenters. The van der Waals surface area contributed by atoms with Gasteiger partial charge in [0.2, 0.25) is 5.88 Å². The number of fused-ring (bicyclic) bond motifs is 4. The van der Waals surface area contributed by atoms with Gasteiger partial charge in [0, 0.05) is 50.1 Å². The largest absolute Gasteiger partial charge is 0.472 e. The smallest absolute Gasteiger partial charge is 0.281 e. The summed E-state index contributed by atoms with van der Waals surface area (Å²) in [7, 11) is 1.87.